The summed E-state index contributed by atoms with van der Waals surface area (Å²) in [6.45, 7) is 5.27. The van der Waals surface area contributed by atoms with Gasteiger partial charge in [0.05, 0.1) is 6.10 Å². The number of anilines is 2. The van der Waals surface area contributed by atoms with E-state index in [1.807, 2.05) is 0 Å². The third-order valence-electron chi connectivity index (χ3n) is 4.04. The molecule has 0 amide bonds. The molecule has 1 fully saturated rings. The molecule has 112 valence electrons. The Balaban J connectivity index is 2.00. The molecule has 20 heavy (non-hydrogen) atoms. The average Bonchev–Trinajstić information content (AvgIpc) is 2.41. The maximum atomic E-state index is 5.82. The van der Waals surface area contributed by atoms with Gasteiger partial charge >= 0.3 is 0 Å². The third-order valence-corrected chi connectivity index (χ3v) is 4.04. The molecular weight excluding hydrogens is 248 g/mol. The summed E-state index contributed by atoms with van der Waals surface area (Å²) in [7, 11) is 4.19. The fourth-order valence-electron chi connectivity index (χ4n) is 2.95. The molecule has 1 N–H and O–H groups in total. The van der Waals surface area contributed by atoms with Gasteiger partial charge in [-0.3, -0.25) is 0 Å². The Morgan fingerprint density at radius 2 is 2.15 bits per heavy atom. The van der Waals surface area contributed by atoms with E-state index in [9.17, 15) is 0 Å². The number of benzene rings is 1. The zero-order chi connectivity index (χ0) is 14.5. The van der Waals surface area contributed by atoms with Crippen LogP contribution in [0.5, 0.6) is 0 Å². The maximum Gasteiger partial charge on any atom is 0.0594 e. The zero-order valence-electron chi connectivity index (χ0n) is 13.3. The summed E-state index contributed by atoms with van der Waals surface area (Å²) in [5.74, 6) is 0. The van der Waals surface area contributed by atoms with Gasteiger partial charge in [-0.1, -0.05) is 19.4 Å². The number of hydrogen-bond acceptors (Lipinski definition) is 3. The number of hydrogen-bond donors (Lipinski definition) is 1. The van der Waals surface area contributed by atoms with Crippen LogP contribution in [0.25, 0.3) is 0 Å². The van der Waals surface area contributed by atoms with Gasteiger partial charge < -0.3 is 15.0 Å². The predicted octanol–water partition coefficient (Wildman–Crippen LogP) is 3.82. The summed E-state index contributed by atoms with van der Waals surface area (Å²) in [5.41, 5.74) is 3.82. The smallest absolute Gasteiger partial charge is 0.0594 e. The molecule has 0 radical (unpaired) electrons. The first kappa shape index (κ1) is 15.2. The Bertz CT molecular complexity index is 429. The molecule has 1 aliphatic rings. The number of aryl methyl sites for hydroxylation is 1. The van der Waals surface area contributed by atoms with E-state index in [1.165, 1.54) is 29.8 Å². The molecular formula is C17H28N2O. The molecule has 1 aromatic carbocycles. The Kier molecular flexibility index (Phi) is 5.30. The third kappa shape index (κ3) is 3.89. The molecule has 3 nitrogen and oxygen atoms in total. The second kappa shape index (κ2) is 6.98. The molecule has 1 saturated heterocycles. The van der Waals surface area contributed by atoms with Crippen LogP contribution in [0, 0.1) is 6.92 Å². The maximum absolute atomic E-state index is 5.82. The summed E-state index contributed by atoms with van der Waals surface area (Å²) >= 11 is 0. The van der Waals surface area contributed by atoms with E-state index in [0.29, 0.717) is 12.1 Å². The lowest BCUT2D eigenvalue weighted by Crippen LogP contribution is -2.34. The lowest BCUT2D eigenvalue weighted by Gasteiger charge is -2.31. The van der Waals surface area contributed by atoms with Crippen LogP contribution in [0.3, 0.4) is 0 Å². The molecule has 0 saturated carbocycles. The van der Waals surface area contributed by atoms with Crippen LogP contribution >= 0.6 is 0 Å². The first-order valence-electron chi connectivity index (χ1n) is 7.76. The van der Waals surface area contributed by atoms with Gasteiger partial charge in [-0.25, -0.2) is 0 Å². The van der Waals surface area contributed by atoms with E-state index in [-0.39, 0.29) is 0 Å². The first-order chi connectivity index (χ1) is 9.60. The number of nitrogens with one attached hydrogen (secondary N) is 1. The highest BCUT2D eigenvalue weighted by Gasteiger charge is 2.21. The molecule has 0 spiro atoms. The highest BCUT2D eigenvalue weighted by molar-refractivity contribution is 5.62. The standard InChI is InChI=1S/C17H28N2O/c1-5-6-16-11-15(9-10-20-16)18-14-8-7-13(2)17(12-14)19(3)4/h7-8,12,15-16,18H,5-6,9-11H2,1-4H3. The monoisotopic (exact) mass is 276 g/mol. The Morgan fingerprint density at radius 3 is 2.85 bits per heavy atom. The van der Waals surface area contributed by atoms with Gasteiger partial charge in [-0.15, -0.1) is 0 Å². The predicted molar refractivity (Wildman–Crippen MR) is 86.8 cm³/mol. The molecule has 2 rings (SSSR count). The van der Waals surface area contributed by atoms with Crippen molar-refractivity contribution in [1.82, 2.24) is 0 Å². The van der Waals surface area contributed by atoms with Crippen LogP contribution in [0.15, 0.2) is 18.2 Å². The lowest BCUT2D eigenvalue weighted by atomic mass is 9.99. The highest BCUT2D eigenvalue weighted by atomic mass is 16.5. The fourth-order valence-corrected chi connectivity index (χ4v) is 2.95. The Morgan fingerprint density at radius 1 is 1.35 bits per heavy atom. The summed E-state index contributed by atoms with van der Waals surface area (Å²) in [6.07, 6.45) is 5.04. The van der Waals surface area contributed by atoms with Gasteiger partial charge in [0.15, 0.2) is 0 Å². The van der Waals surface area contributed by atoms with Crippen LogP contribution in [-0.2, 0) is 4.74 Å². The van der Waals surface area contributed by atoms with Crippen molar-refractivity contribution in [2.45, 2.75) is 51.7 Å². The van der Waals surface area contributed by atoms with Crippen molar-refractivity contribution >= 4 is 11.4 Å². The van der Waals surface area contributed by atoms with Crippen LogP contribution in [0.2, 0.25) is 0 Å². The van der Waals surface area contributed by atoms with E-state index < -0.39 is 0 Å². The number of nitrogens with zero attached hydrogens (tertiary/aromatic N) is 1. The van der Waals surface area contributed by atoms with E-state index in [1.54, 1.807) is 0 Å². The second-order valence-electron chi connectivity index (χ2n) is 6.04. The van der Waals surface area contributed by atoms with Crippen LogP contribution in [0.1, 0.15) is 38.2 Å². The van der Waals surface area contributed by atoms with E-state index >= 15 is 0 Å². The van der Waals surface area contributed by atoms with Gasteiger partial charge in [-0.05, 0) is 43.9 Å². The van der Waals surface area contributed by atoms with Gasteiger partial charge in [0.25, 0.3) is 0 Å². The van der Waals surface area contributed by atoms with Crippen molar-refractivity contribution in [3.05, 3.63) is 23.8 Å². The van der Waals surface area contributed by atoms with Crippen molar-refractivity contribution in [1.29, 1.82) is 0 Å². The van der Waals surface area contributed by atoms with Gasteiger partial charge in [0.1, 0.15) is 0 Å². The summed E-state index contributed by atoms with van der Waals surface area (Å²) in [6, 6.07) is 7.17. The largest absolute Gasteiger partial charge is 0.382 e. The van der Waals surface area contributed by atoms with Gasteiger partial charge in [-0.2, -0.15) is 0 Å². The minimum Gasteiger partial charge on any atom is -0.382 e. The Hall–Kier alpha value is -1.22. The number of rotatable bonds is 5. The van der Waals surface area contributed by atoms with Crippen LogP contribution in [0.4, 0.5) is 11.4 Å². The molecule has 2 unspecified atom stereocenters. The fraction of sp³-hybridized carbons (Fsp3) is 0.647. The zero-order valence-corrected chi connectivity index (χ0v) is 13.3. The van der Waals surface area contributed by atoms with E-state index in [4.69, 9.17) is 4.74 Å². The quantitative estimate of drug-likeness (QED) is 0.885. The van der Waals surface area contributed by atoms with Crippen molar-refractivity contribution in [3.63, 3.8) is 0 Å². The average molecular weight is 276 g/mol. The van der Waals surface area contributed by atoms with Gasteiger partial charge in [0, 0.05) is 38.1 Å². The van der Waals surface area contributed by atoms with Crippen molar-refractivity contribution in [2.24, 2.45) is 0 Å². The molecule has 0 aromatic heterocycles. The summed E-state index contributed by atoms with van der Waals surface area (Å²) in [5, 5.41) is 3.69. The molecule has 1 aliphatic heterocycles. The van der Waals surface area contributed by atoms with E-state index in [2.05, 4.69) is 56.4 Å². The van der Waals surface area contributed by atoms with Crippen molar-refractivity contribution in [3.8, 4) is 0 Å². The molecule has 1 aromatic rings. The lowest BCUT2D eigenvalue weighted by molar-refractivity contribution is 0.00598. The van der Waals surface area contributed by atoms with Crippen molar-refractivity contribution < 1.29 is 4.74 Å². The van der Waals surface area contributed by atoms with Gasteiger partial charge in [0.2, 0.25) is 0 Å². The van der Waals surface area contributed by atoms with Crippen molar-refractivity contribution in [2.75, 3.05) is 30.9 Å². The second-order valence-corrected chi connectivity index (χ2v) is 6.04. The highest BCUT2D eigenvalue weighted by Crippen LogP contribution is 2.26. The number of ether oxygens (including phenoxy) is 1. The minimum absolute atomic E-state index is 0.435. The summed E-state index contributed by atoms with van der Waals surface area (Å²) < 4.78 is 5.82. The molecule has 0 aliphatic carbocycles. The SMILES string of the molecule is CCCC1CC(Nc2ccc(C)c(N(C)C)c2)CCO1. The Labute approximate surface area is 123 Å². The topological polar surface area (TPSA) is 24.5 Å². The molecule has 0 bridgehead atoms. The first-order valence-corrected chi connectivity index (χ1v) is 7.76. The van der Waals surface area contributed by atoms with Crippen LogP contribution in [-0.4, -0.2) is 32.8 Å². The molecule has 1 heterocycles. The molecule has 2 atom stereocenters. The van der Waals surface area contributed by atoms with E-state index in [0.717, 1.165) is 19.4 Å². The van der Waals surface area contributed by atoms with Crippen LogP contribution < -0.4 is 10.2 Å². The molecule has 3 heteroatoms. The summed E-state index contributed by atoms with van der Waals surface area (Å²) in [4.78, 5) is 2.17. The minimum atomic E-state index is 0.435. The normalized spacial score (nSPS) is 22.6.